The van der Waals surface area contributed by atoms with E-state index in [0.29, 0.717) is 19.0 Å². The van der Waals surface area contributed by atoms with Crippen molar-refractivity contribution in [3.05, 3.63) is 18.2 Å². The summed E-state index contributed by atoms with van der Waals surface area (Å²) < 4.78 is 7.04. The van der Waals surface area contributed by atoms with Crippen LogP contribution in [0.2, 0.25) is 0 Å². The van der Waals surface area contributed by atoms with Crippen molar-refractivity contribution in [2.45, 2.75) is 6.04 Å². The average Bonchev–Trinajstić information content (AvgIpc) is 2.84. The van der Waals surface area contributed by atoms with Crippen LogP contribution in [0, 0.1) is 5.92 Å². The van der Waals surface area contributed by atoms with Gasteiger partial charge in [0.1, 0.15) is 0 Å². The number of aryl methyl sites for hydroxylation is 1. The van der Waals surface area contributed by atoms with E-state index in [0.717, 1.165) is 0 Å². The fraction of sp³-hybridized carbons (Fsp3) is 0.600. The van der Waals surface area contributed by atoms with Crippen LogP contribution in [-0.2, 0) is 11.8 Å². The Morgan fingerprint density at radius 2 is 2.47 bits per heavy atom. The molecule has 0 saturated carbocycles. The Bertz CT molecular complexity index is 361. The van der Waals surface area contributed by atoms with Crippen molar-refractivity contribution in [3.8, 4) is 0 Å². The predicted molar refractivity (Wildman–Crippen MR) is 54.7 cm³/mol. The second kappa shape index (κ2) is 4.12. The molecule has 1 aliphatic rings. The maximum Gasteiger partial charge on any atom is 0.205 e. The molecule has 1 aromatic heterocycles. The fourth-order valence-electron chi connectivity index (χ4n) is 1.87. The number of carbonyl (C=O) groups is 1. The largest absolute Gasteiger partial charge is 0.379 e. The summed E-state index contributed by atoms with van der Waals surface area (Å²) in [6, 6.07) is 0.106. The number of ether oxygens (including phenoxy) is 1. The summed E-state index contributed by atoms with van der Waals surface area (Å²) in [7, 11) is 3.67. The molecule has 82 valence electrons. The Morgan fingerprint density at radius 3 is 3.07 bits per heavy atom. The molecule has 1 fully saturated rings. The van der Waals surface area contributed by atoms with E-state index in [9.17, 15) is 4.79 Å². The molecule has 0 aromatic carbocycles. The van der Waals surface area contributed by atoms with Gasteiger partial charge in [-0.3, -0.25) is 4.79 Å². The molecule has 2 unspecified atom stereocenters. The van der Waals surface area contributed by atoms with Crippen LogP contribution in [-0.4, -0.2) is 41.6 Å². The van der Waals surface area contributed by atoms with E-state index in [-0.39, 0.29) is 17.7 Å². The van der Waals surface area contributed by atoms with E-state index in [1.54, 1.807) is 17.0 Å². The highest BCUT2D eigenvalue weighted by molar-refractivity contribution is 5.95. The van der Waals surface area contributed by atoms with E-state index < -0.39 is 0 Å². The maximum atomic E-state index is 12.1. The number of imidazole rings is 1. The maximum absolute atomic E-state index is 12.1. The number of rotatable bonds is 3. The van der Waals surface area contributed by atoms with Gasteiger partial charge in [0, 0.05) is 25.5 Å². The van der Waals surface area contributed by atoms with Crippen molar-refractivity contribution in [3.63, 3.8) is 0 Å². The quantitative estimate of drug-likeness (QED) is 0.703. The second-order valence-electron chi connectivity index (χ2n) is 3.77. The van der Waals surface area contributed by atoms with Crippen LogP contribution in [0.3, 0.4) is 0 Å². The first-order valence-electron chi connectivity index (χ1n) is 5.00. The molecule has 0 spiro atoms. The third-order valence-corrected chi connectivity index (χ3v) is 2.83. The third kappa shape index (κ3) is 1.80. The van der Waals surface area contributed by atoms with Gasteiger partial charge >= 0.3 is 0 Å². The van der Waals surface area contributed by atoms with Crippen LogP contribution in [0.5, 0.6) is 0 Å². The number of Topliss-reactive ketones (excluding diaryl/α,β-unsaturated/α-hetero) is 1. The molecule has 0 aliphatic carbocycles. The number of aromatic nitrogens is 2. The first-order chi connectivity index (χ1) is 7.24. The Morgan fingerprint density at radius 1 is 1.67 bits per heavy atom. The summed E-state index contributed by atoms with van der Waals surface area (Å²) in [5.74, 6) is 0.446. The number of hydrogen-bond acceptors (Lipinski definition) is 4. The summed E-state index contributed by atoms with van der Waals surface area (Å²) in [6.45, 7) is 1.08. The van der Waals surface area contributed by atoms with Gasteiger partial charge in [-0.1, -0.05) is 0 Å². The first-order valence-corrected chi connectivity index (χ1v) is 5.00. The zero-order valence-electron chi connectivity index (χ0n) is 8.93. The van der Waals surface area contributed by atoms with Crippen LogP contribution >= 0.6 is 0 Å². The summed E-state index contributed by atoms with van der Waals surface area (Å²) in [6.07, 6.45) is 3.41. The van der Waals surface area contributed by atoms with Crippen LogP contribution in [0.15, 0.2) is 12.4 Å². The molecular formula is C10H15N3O2. The van der Waals surface area contributed by atoms with Crippen molar-refractivity contribution in [1.29, 1.82) is 0 Å². The van der Waals surface area contributed by atoms with Crippen LogP contribution in [0.25, 0.3) is 0 Å². The van der Waals surface area contributed by atoms with Crippen molar-refractivity contribution in [1.82, 2.24) is 14.9 Å². The van der Waals surface area contributed by atoms with Gasteiger partial charge in [-0.2, -0.15) is 0 Å². The van der Waals surface area contributed by atoms with E-state index in [2.05, 4.69) is 10.3 Å². The van der Waals surface area contributed by atoms with Crippen molar-refractivity contribution in [2.75, 3.05) is 20.3 Å². The lowest BCUT2D eigenvalue weighted by Crippen LogP contribution is -2.37. The number of hydrogen-bond donors (Lipinski definition) is 1. The van der Waals surface area contributed by atoms with Gasteiger partial charge in [0.05, 0.1) is 19.1 Å². The lowest BCUT2D eigenvalue weighted by atomic mass is 9.98. The van der Waals surface area contributed by atoms with Crippen LogP contribution < -0.4 is 5.32 Å². The second-order valence-corrected chi connectivity index (χ2v) is 3.77. The molecule has 5 nitrogen and oxygen atoms in total. The summed E-state index contributed by atoms with van der Waals surface area (Å²) in [5, 5.41) is 3.09. The zero-order chi connectivity index (χ0) is 10.8. The number of nitrogens with one attached hydrogen (secondary N) is 1. The average molecular weight is 209 g/mol. The topological polar surface area (TPSA) is 56.1 Å². The molecule has 5 heteroatoms. The van der Waals surface area contributed by atoms with Gasteiger partial charge in [-0.05, 0) is 7.05 Å². The first kappa shape index (κ1) is 10.3. The lowest BCUT2D eigenvalue weighted by Gasteiger charge is -2.14. The third-order valence-electron chi connectivity index (χ3n) is 2.83. The number of nitrogens with zero attached hydrogens (tertiary/aromatic N) is 2. The molecular weight excluding hydrogens is 194 g/mol. The van der Waals surface area contributed by atoms with E-state index >= 15 is 0 Å². The SMILES string of the molecule is CNC1COCC1C(=O)c1nccn1C. The normalized spacial score (nSPS) is 25.7. The molecule has 2 rings (SSSR count). The molecule has 15 heavy (non-hydrogen) atoms. The number of likely N-dealkylation sites (N-methyl/N-ethyl adjacent to an activating group) is 1. The lowest BCUT2D eigenvalue weighted by molar-refractivity contribution is 0.0878. The van der Waals surface area contributed by atoms with Crippen LogP contribution in [0.4, 0.5) is 0 Å². The smallest absolute Gasteiger partial charge is 0.205 e. The Labute approximate surface area is 88.4 Å². The summed E-state index contributed by atoms with van der Waals surface area (Å²) in [4.78, 5) is 16.2. The molecule has 0 bridgehead atoms. The van der Waals surface area contributed by atoms with Gasteiger partial charge in [-0.25, -0.2) is 4.98 Å². The van der Waals surface area contributed by atoms with Gasteiger partial charge in [0.2, 0.25) is 5.78 Å². The zero-order valence-corrected chi connectivity index (χ0v) is 8.93. The van der Waals surface area contributed by atoms with Crippen molar-refractivity contribution in [2.24, 2.45) is 13.0 Å². The Balaban J connectivity index is 2.18. The Hall–Kier alpha value is -1.20. The highest BCUT2D eigenvalue weighted by Crippen LogP contribution is 2.17. The summed E-state index contributed by atoms with van der Waals surface area (Å²) in [5.41, 5.74) is 0. The molecule has 0 radical (unpaired) electrons. The fourth-order valence-corrected chi connectivity index (χ4v) is 1.87. The molecule has 2 heterocycles. The van der Waals surface area contributed by atoms with Crippen molar-refractivity contribution >= 4 is 5.78 Å². The van der Waals surface area contributed by atoms with Gasteiger partial charge in [-0.15, -0.1) is 0 Å². The number of carbonyl (C=O) groups excluding carboxylic acids is 1. The highest BCUT2D eigenvalue weighted by Gasteiger charge is 2.34. The minimum absolute atomic E-state index is 0.0550. The van der Waals surface area contributed by atoms with E-state index in [1.807, 2.05) is 14.1 Å². The monoisotopic (exact) mass is 209 g/mol. The van der Waals surface area contributed by atoms with E-state index in [1.165, 1.54) is 0 Å². The van der Waals surface area contributed by atoms with E-state index in [4.69, 9.17) is 4.74 Å². The minimum atomic E-state index is -0.115. The molecule has 1 N–H and O–H groups in total. The van der Waals surface area contributed by atoms with Crippen LogP contribution in [0.1, 0.15) is 10.6 Å². The van der Waals surface area contributed by atoms with Crippen molar-refractivity contribution < 1.29 is 9.53 Å². The molecule has 0 amide bonds. The standard InChI is InChI=1S/C10H15N3O2/c1-11-8-6-15-5-7(8)9(14)10-12-3-4-13(10)2/h3-4,7-8,11H,5-6H2,1-2H3. The molecule has 1 aliphatic heterocycles. The molecule has 1 aromatic rings. The highest BCUT2D eigenvalue weighted by atomic mass is 16.5. The molecule has 1 saturated heterocycles. The minimum Gasteiger partial charge on any atom is -0.379 e. The van der Waals surface area contributed by atoms with Gasteiger partial charge < -0.3 is 14.6 Å². The van der Waals surface area contributed by atoms with Gasteiger partial charge in [0.15, 0.2) is 5.82 Å². The molecule has 2 atom stereocenters. The summed E-state index contributed by atoms with van der Waals surface area (Å²) >= 11 is 0. The number of ketones is 1. The predicted octanol–water partition coefficient (Wildman–Crippen LogP) is -0.163. The van der Waals surface area contributed by atoms with Gasteiger partial charge in [0.25, 0.3) is 0 Å². The Kier molecular flexibility index (Phi) is 2.83.